The van der Waals surface area contributed by atoms with Crippen molar-refractivity contribution in [2.24, 2.45) is 0 Å². The van der Waals surface area contributed by atoms with Crippen LogP contribution in [-0.2, 0) is 17.9 Å². The number of amides is 1. The van der Waals surface area contributed by atoms with Crippen LogP contribution in [0.1, 0.15) is 38.8 Å². The van der Waals surface area contributed by atoms with Crippen LogP contribution in [0.5, 0.6) is 11.5 Å². The fraction of sp³-hybridized carbons (Fsp3) is 0.429. The van der Waals surface area contributed by atoms with Gasteiger partial charge in [0.25, 0.3) is 5.91 Å². The van der Waals surface area contributed by atoms with E-state index in [9.17, 15) is 4.79 Å². The summed E-state index contributed by atoms with van der Waals surface area (Å²) < 4.78 is 11.3. The summed E-state index contributed by atoms with van der Waals surface area (Å²) in [6, 6.07) is 9.71. The molecule has 6 nitrogen and oxygen atoms in total. The summed E-state index contributed by atoms with van der Waals surface area (Å²) in [5.74, 6) is 1.05. The third-order valence-corrected chi connectivity index (χ3v) is 3.56. The number of carbonyl (C=O) groups is 1. The number of hydrogen-bond donors (Lipinski definition) is 2. The Morgan fingerprint density at radius 1 is 1.07 bits per heavy atom. The standard InChI is InChI=1S/C21H29N3O3.ClH/c1-5-26-19-11-16(12-23-14-17-7-6-10-22-13-17)8-9-18(19)27-15-20(25)24-21(2,3)4;/h6-11,13,23H,5,12,14-15H2,1-4H3,(H,24,25);1H/p-1. The van der Waals surface area contributed by atoms with E-state index in [2.05, 4.69) is 15.6 Å². The number of halogens is 1. The van der Waals surface area contributed by atoms with Crippen LogP contribution in [0.2, 0.25) is 0 Å². The summed E-state index contributed by atoms with van der Waals surface area (Å²) in [6.07, 6.45) is 3.61. The topological polar surface area (TPSA) is 72.5 Å². The minimum atomic E-state index is -0.285. The van der Waals surface area contributed by atoms with E-state index in [-0.39, 0.29) is 30.5 Å². The summed E-state index contributed by atoms with van der Waals surface area (Å²) in [7, 11) is 0. The normalized spacial score (nSPS) is 10.7. The third kappa shape index (κ3) is 8.59. The lowest BCUT2D eigenvalue weighted by molar-refractivity contribution is -0.124. The largest absolute Gasteiger partial charge is 1.00 e. The van der Waals surface area contributed by atoms with Crippen LogP contribution in [0, 0.1) is 0 Å². The van der Waals surface area contributed by atoms with E-state index in [4.69, 9.17) is 9.47 Å². The maximum Gasteiger partial charge on any atom is 0.258 e. The summed E-state index contributed by atoms with van der Waals surface area (Å²) in [4.78, 5) is 16.1. The third-order valence-electron chi connectivity index (χ3n) is 3.56. The highest BCUT2D eigenvalue weighted by Crippen LogP contribution is 2.28. The van der Waals surface area contributed by atoms with Crippen LogP contribution in [0.25, 0.3) is 0 Å². The molecule has 1 aromatic heterocycles. The molecule has 1 heterocycles. The molecule has 154 valence electrons. The van der Waals surface area contributed by atoms with E-state index < -0.39 is 0 Å². The number of benzene rings is 1. The molecule has 0 aliphatic carbocycles. The van der Waals surface area contributed by atoms with Gasteiger partial charge in [0.05, 0.1) is 6.61 Å². The SMILES string of the molecule is CCOc1cc(CNCc2cccnc2)ccc1OCC(=O)NC(C)(C)C.[Cl-]. The molecule has 2 rings (SSSR count). The Bertz CT molecular complexity index is 733. The van der Waals surface area contributed by atoms with E-state index in [0.29, 0.717) is 24.7 Å². The molecule has 0 radical (unpaired) electrons. The minimum Gasteiger partial charge on any atom is -1.00 e. The first-order valence-corrected chi connectivity index (χ1v) is 9.16. The van der Waals surface area contributed by atoms with Gasteiger partial charge < -0.3 is 32.5 Å². The van der Waals surface area contributed by atoms with Crippen molar-refractivity contribution in [3.63, 3.8) is 0 Å². The molecule has 7 heteroatoms. The van der Waals surface area contributed by atoms with Crippen molar-refractivity contribution in [3.05, 3.63) is 53.9 Å². The molecule has 0 atom stereocenters. The average molecular weight is 407 g/mol. The molecule has 0 unspecified atom stereocenters. The Morgan fingerprint density at radius 3 is 2.46 bits per heavy atom. The average Bonchev–Trinajstić information content (AvgIpc) is 2.61. The number of carbonyl (C=O) groups excluding carboxylic acids is 1. The lowest BCUT2D eigenvalue weighted by Gasteiger charge is -2.21. The summed E-state index contributed by atoms with van der Waals surface area (Å²) in [6.45, 7) is 9.64. The molecule has 1 aromatic carbocycles. The van der Waals surface area contributed by atoms with E-state index in [1.54, 1.807) is 6.20 Å². The van der Waals surface area contributed by atoms with Crippen molar-refractivity contribution in [1.29, 1.82) is 0 Å². The van der Waals surface area contributed by atoms with Crippen molar-refractivity contribution in [3.8, 4) is 11.5 Å². The molecule has 0 bridgehead atoms. The van der Waals surface area contributed by atoms with Crippen LogP contribution < -0.4 is 32.5 Å². The lowest BCUT2D eigenvalue weighted by Crippen LogP contribution is -3.00. The van der Waals surface area contributed by atoms with Crippen LogP contribution in [0.3, 0.4) is 0 Å². The number of nitrogens with one attached hydrogen (secondary N) is 2. The van der Waals surface area contributed by atoms with Crippen LogP contribution >= 0.6 is 0 Å². The fourth-order valence-corrected chi connectivity index (χ4v) is 2.50. The van der Waals surface area contributed by atoms with Crippen molar-refractivity contribution in [1.82, 2.24) is 15.6 Å². The molecule has 0 aliphatic heterocycles. The first kappa shape index (κ1) is 23.7. The Hall–Kier alpha value is -2.31. The molecule has 1 amide bonds. The number of aromatic nitrogens is 1. The van der Waals surface area contributed by atoms with E-state index in [0.717, 1.165) is 17.7 Å². The van der Waals surface area contributed by atoms with Crippen LogP contribution in [-0.4, -0.2) is 29.6 Å². The van der Waals surface area contributed by atoms with Crippen LogP contribution in [0.15, 0.2) is 42.7 Å². The molecule has 28 heavy (non-hydrogen) atoms. The number of rotatable bonds is 9. The van der Waals surface area contributed by atoms with Crippen molar-refractivity contribution in [2.75, 3.05) is 13.2 Å². The molecule has 0 spiro atoms. The second kappa shape index (κ2) is 11.5. The van der Waals surface area contributed by atoms with Crippen molar-refractivity contribution >= 4 is 5.91 Å². The molecule has 0 saturated heterocycles. The van der Waals surface area contributed by atoms with Gasteiger partial charge in [-0.2, -0.15) is 0 Å². The zero-order valence-electron chi connectivity index (χ0n) is 16.9. The van der Waals surface area contributed by atoms with Gasteiger partial charge in [0.1, 0.15) is 0 Å². The van der Waals surface area contributed by atoms with Crippen LogP contribution in [0.4, 0.5) is 0 Å². The first-order chi connectivity index (χ1) is 12.9. The maximum atomic E-state index is 12.0. The first-order valence-electron chi connectivity index (χ1n) is 9.16. The van der Waals surface area contributed by atoms with Crippen molar-refractivity contribution in [2.45, 2.75) is 46.3 Å². The highest BCUT2D eigenvalue weighted by molar-refractivity contribution is 5.78. The summed E-state index contributed by atoms with van der Waals surface area (Å²) >= 11 is 0. The number of ether oxygens (including phenoxy) is 2. The minimum absolute atomic E-state index is 0. The van der Waals surface area contributed by atoms with Gasteiger partial charge in [-0.25, -0.2) is 0 Å². The lowest BCUT2D eigenvalue weighted by atomic mass is 10.1. The molecule has 2 N–H and O–H groups in total. The number of pyridine rings is 1. The highest BCUT2D eigenvalue weighted by Gasteiger charge is 2.15. The van der Waals surface area contributed by atoms with Gasteiger partial charge >= 0.3 is 0 Å². The van der Waals surface area contributed by atoms with Crippen molar-refractivity contribution < 1.29 is 26.7 Å². The number of hydrogen-bond acceptors (Lipinski definition) is 5. The maximum absolute atomic E-state index is 12.0. The Balaban J connectivity index is 0.00000392. The Kier molecular flexibility index (Phi) is 9.76. The molecular formula is C21H29ClN3O3-. The number of nitrogens with zero attached hydrogens (tertiary/aromatic N) is 1. The quantitative estimate of drug-likeness (QED) is 0.616. The van der Waals surface area contributed by atoms with Gasteiger partial charge in [0.15, 0.2) is 18.1 Å². The zero-order chi connectivity index (χ0) is 19.7. The Morgan fingerprint density at radius 2 is 1.82 bits per heavy atom. The monoisotopic (exact) mass is 406 g/mol. The summed E-state index contributed by atoms with van der Waals surface area (Å²) in [5, 5.41) is 6.26. The van der Waals surface area contributed by atoms with E-state index in [1.807, 2.05) is 64.2 Å². The zero-order valence-corrected chi connectivity index (χ0v) is 17.7. The molecule has 0 saturated carbocycles. The van der Waals surface area contributed by atoms with Gasteiger partial charge in [-0.15, -0.1) is 0 Å². The molecule has 0 aliphatic rings. The van der Waals surface area contributed by atoms with Gasteiger partial charge in [0, 0.05) is 31.0 Å². The van der Waals surface area contributed by atoms with Gasteiger partial charge in [-0.05, 0) is 57.0 Å². The molecular weight excluding hydrogens is 378 g/mol. The molecule has 0 fully saturated rings. The fourth-order valence-electron chi connectivity index (χ4n) is 2.50. The predicted octanol–water partition coefficient (Wildman–Crippen LogP) is 0.0676. The molecule has 2 aromatic rings. The van der Waals surface area contributed by atoms with E-state index in [1.165, 1.54) is 0 Å². The highest BCUT2D eigenvalue weighted by atomic mass is 35.5. The van der Waals surface area contributed by atoms with Gasteiger partial charge in [0.2, 0.25) is 0 Å². The second-order valence-corrected chi connectivity index (χ2v) is 7.27. The van der Waals surface area contributed by atoms with Gasteiger partial charge in [-0.1, -0.05) is 12.1 Å². The predicted molar refractivity (Wildman–Crippen MR) is 106 cm³/mol. The Labute approximate surface area is 173 Å². The summed E-state index contributed by atoms with van der Waals surface area (Å²) in [5.41, 5.74) is 1.92. The smallest absolute Gasteiger partial charge is 0.258 e. The second-order valence-electron chi connectivity index (χ2n) is 7.27. The van der Waals surface area contributed by atoms with E-state index >= 15 is 0 Å². The van der Waals surface area contributed by atoms with Gasteiger partial charge in [-0.3, -0.25) is 9.78 Å².